The highest BCUT2D eigenvalue weighted by Crippen LogP contribution is 2.50. The molecular weight excluding hydrogens is 328 g/mol. The van der Waals surface area contributed by atoms with Crippen molar-refractivity contribution in [2.24, 2.45) is 11.1 Å². The second-order valence-electron chi connectivity index (χ2n) is 6.73. The van der Waals surface area contributed by atoms with Crippen LogP contribution < -0.4 is 10.5 Å². The first-order chi connectivity index (χ1) is 10.8. The van der Waals surface area contributed by atoms with Crippen molar-refractivity contribution in [3.63, 3.8) is 0 Å². The Labute approximate surface area is 150 Å². The van der Waals surface area contributed by atoms with Gasteiger partial charge in [0, 0.05) is 25.5 Å². The summed E-state index contributed by atoms with van der Waals surface area (Å²) >= 11 is 0. The summed E-state index contributed by atoms with van der Waals surface area (Å²) in [5.41, 5.74) is 5.18. The molecule has 24 heavy (non-hydrogen) atoms. The number of hydrogen-bond acceptors (Lipinski definition) is 4. The Morgan fingerprint density at radius 3 is 2.50 bits per heavy atom. The van der Waals surface area contributed by atoms with Gasteiger partial charge in [-0.25, -0.2) is 0 Å². The highest BCUT2D eigenvalue weighted by atomic mass is 35.5. The monoisotopic (exact) mass is 356 g/mol. The fraction of sp³-hybridized carbons (Fsp3) is 0.611. The van der Waals surface area contributed by atoms with Gasteiger partial charge in [0.2, 0.25) is 5.91 Å². The molecule has 0 heterocycles. The second kappa shape index (κ2) is 8.19. The van der Waals surface area contributed by atoms with Crippen molar-refractivity contribution in [1.82, 2.24) is 4.90 Å². The molecule has 1 aliphatic carbocycles. The van der Waals surface area contributed by atoms with Crippen LogP contribution in [-0.2, 0) is 9.53 Å². The van der Waals surface area contributed by atoms with Crippen LogP contribution in [0.1, 0.15) is 27.2 Å². The maximum Gasteiger partial charge on any atom is 0.243 e. The van der Waals surface area contributed by atoms with E-state index in [1.807, 2.05) is 51.1 Å². The molecule has 0 aromatic heterocycles. The number of ether oxygens (including phenoxy) is 2. The highest BCUT2D eigenvalue weighted by molar-refractivity contribution is 5.88. The summed E-state index contributed by atoms with van der Waals surface area (Å²) in [6, 6.07) is 9.57. The molecule has 2 unspecified atom stereocenters. The molecule has 0 saturated heterocycles. The topological polar surface area (TPSA) is 64.8 Å². The lowest BCUT2D eigenvalue weighted by atomic mass is 9.54. The second-order valence-corrected chi connectivity index (χ2v) is 6.73. The van der Waals surface area contributed by atoms with Gasteiger partial charge in [-0.3, -0.25) is 4.79 Å². The zero-order valence-electron chi connectivity index (χ0n) is 15.0. The molecule has 0 bridgehead atoms. The smallest absolute Gasteiger partial charge is 0.243 e. The van der Waals surface area contributed by atoms with Crippen molar-refractivity contribution in [2.75, 3.05) is 26.8 Å². The first-order valence-corrected chi connectivity index (χ1v) is 8.17. The van der Waals surface area contributed by atoms with Crippen LogP contribution in [0.5, 0.6) is 5.75 Å². The third-order valence-electron chi connectivity index (χ3n) is 5.00. The van der Waals surface area contributed by atoms with Gasteiger partial charge >= 0.3 is 0 Å². The number of nitrogens with two attached hydrogens (primary N) is 1. The molecule has 136 valence electrons. The van der Waals surface area contributed by atoms with Crippen LogP contribution in [0.3, 0.4) is 0 Å². The number of carbonyl (C=O) groups is 1. The van der Waals surface area contributed by atoms with Crippen LogP contribution in [0.15, 0.2) is 30.3 Å². The highest BCUT2D eigenvalue weighted by Gasteiger charge is 2.63. The predicted molar refractivity (Wildman–Crippen MR) is 97.6 cm³/mol. The molecule has 2 atom stereocenters. The Morgan fingerprint density at radius 1 is 1.33 bits per heavy atom. The van der Waals surface area contributed by atoms with Gasteiger partial charge in [-0.2, -0.15) is 0 Å². The predicted octanol–water partition coefficient (Wildman–Crippen LogP) is 2.48. The van der Waals surface area contributed by atoms with E-state index in [9.17, 15) is 4.79 Å². The van der Waals surface area contributed by atoms with E-state index >= 15 is 0 Å². The van der Waals surface area contributed by atoms with E-state index in [2.05, 4.69) is 0 Å². The lowest BCUT2D eigenvalue weighted by Crippen LogP contribution is -2.75. The summed E-state index contributed by atoms with van der Waals surface area (Å²) in [7, 11) is 1.77. The first-order valence-electron chi connectivity index (χ1n) is 8.17. The molecule has 0 radical (unpaired) electrons. The number of nitrogens with zero attached hydrogens (tertiary/aromatic N) is 1. The van der Waals surface area contributed by atoms with Gasteiger partial charge in [0.1, 0.15) is 17.9 Å². The number of carbonyl (C=O) groups excluding carboxylic acids is 1. The molecule has 0 aliphatic heterocycles. The molecule has 6 heteroatoms. The lowest BCUT2D eigenvalue weighted by molar-refractivity contribution is -0.178. The number of para-hydroxylation sites is 1. The Hall–Kier alpha value is -1.30. The lowest BCUT2D eigenvalue weighted by Gasteiger charge is -2.58. The summed E-state index contributed by atoms with van der Waals surface area (Å²) in [5, 5.41) is 0. The third kappa shape index (κ3) is 3.85. The van der Waals surface area contributed by atoms with Gasteiger partial charge in [-0.15, -0.1) is 12.4 Å². The quantitative estimate of drug-likeness (QED) is 0.815. The number of hydrogen-bond donors (Lipinski definition) is 1. The van der Waals surface area contributed by atoms with Crippen LogP contribution in [0.25, 0.3) is 0 Å². The van der Waals surface area contributed by atoms with Gasteiger partial charge in [0.25, 0.3) is 0 Å². The molecule has 2 N–H and O–H groups in total. The molecule has 2 rings (SSSR count). The van der Waals surface area contributed by atoms with E-state index in [0.717, 1.165) is 5.75 Å². The van der Waals surface area contributed by atoms with Crippen molar-refractivity contribution in [1.29, 1.82) is 0 Å². The first kappa shape index (κ1) is 20.7. The fourth-order valence-electron chi connectivity index (χ4n) is 3.06. The van der Waals surface area contributed by atoms with Crippen molar-refractivity contribution >= 4 is 18.3 Å². The van der Waals surface area contributed by atoms with Gasteiger partial charge < -0.3 is 20.1 Å². The molecule has 1 saturated carbocycles. The van der Waals surface area contributed by atoms with Crippen LogP contribution in [-0.4, -0.2) is 49.3 Å². The Kier molecular flexibility index (Phi) is 7.08. The van der Waals surface area contributed by atoms with E-state index in [-0.39, 0.29) is 29.8 Å². The van der Waals surface area contributed by atoms with Crippen LogP contribution in [0.4, 0.5) is 0 Å². The van der Waals surface area contributed by atoms with E-state index in [4.69, 9.17) is 15.2 Å². The van der Waals surface area contributed by atoms with Crippen LogP contribution >= 0.6 is 12.4 Å². The van der Waals surface area contributed by atoms with E-state index in [1.54, 1.807) is 11.9 Å². The SMILES string of the molecule is CCOC1CC(N)(C(=O)N(C)CCOc2ccccc2)C1(C)C.Cl. The molecule has 1 aliphatic rings. The van der Waals surface area contributed by atoms with Crippen molar-refractivity contribution in [3.05, 3.63) is 30.3 Å². The van der Waals surface area contributed by atoms with Crippen molar-refractivity contribution in [3.8, 4) is 5.75 Å². The molecule has 1 fully saturated rings. The van der Waals surface area contributed by atoms with Gasteiger partial charge in [-0.1, -0.05) is 32.0 Å². The minimum absolute atomic E-state index is 0. The minimum Gasteiger partial charge on any atom is -0.492 e. The largest absolute Gasteiger partial charge is 0.492 e. The average Bonchev–Trinajstić information content (AvgIpc) is 2.54. The van der Waals surface area contributed by atoms with Crippen LogP contribution in [0, 0.1) is 5.41 Å². The number of rotatable bonds is 7. The van der Waals surface area contributed by atoms with Crippen LogP contribution in [0.2, 0.25) is 0 Å². The van der Waals surface area contributed by atoms with Gasteiger partial charge in [0.05, 0.1) is 12.6 Å². The molecule has 1 aromatic carbocycles. The number of likely N-dealkylation sites (N-methyl/N-ethyl adjacent to an activating group) is 1. The van der Waals surface area contributed by atoms with E-state index in [1.165, 1.54) is 0 Å². The van der Waals surface area contributed by atoms with Crippen molar-refractivity contribution in [2.45, 2.75) is 38.8 Å². The molecule has 1 amide bonds. The normalized spacial score (nSPS) is 24.5. The Morgan fingerprint density at radius 2 is 1.96 bits per heavy atom. The Bertz CT molecular complexity index is 538. The summed E-state index contributed by atoms with van der Waals surface area (Å²) in [6.45, 7) is 7.55. The van der Waals surface area contributed by atoms with E-state index in [0.29, 0.717) is 26.2 Å². The number of amides is 1. The fourth-order valence-corrected chi connectivity index (χ4v) is 3.06. The molecule has 0 spiro atoms. The maximum atomic E-state index is 12.7. The summed E-state index contributed by atoms with van der Waals surface area (Å²) in [5.74, 6) is 0.756. The Balaban J connectivity index is 0.00000288. The standard InChI is InChI=1S/C18H28N2O3.ClH/c1-5-22-15-13-18(19,17(15,2)3)16(21)20(4)11-12-23-14-9-7-6-8-10-14;/h6-10,15H,5,11-13,19H2,1-4H3;1H. The number of halogens is 1. The zero-order valence-corrected chi connectivity index (χ0v) is 15.8. The number of benzene rings is 1. The molecule has 5 nitrogen and oxygen atoms in total. The third-order valence-corrected chi connectivity index (χ3v) is 5.00. The average molecular weight is 357 g/mol. The summed E-state index contributed by atoms with van der Waals surface area (Å²) in [4.78, 5) is 14.4. The van der Waals surface area contributed by atoms with Gasteiger partial charge in [-0.05, 0) is 19.1 Å². The minimum atomic E-state index is -0.867. The van der Waals surface area contributed by atoms with Crippen molar-refractivity contribution < 1.29 is 14.3 Å². The molecular formula is C18H29ClN2O3. The maximum absolute atomic E-state index is 12.7. The zero-order chi connectivity index (χ0) is 17.1. The molecule has 1 aromatic rings. The van der Waals surface area contributed by atoms with Gasteiger partial charge in [0.15, 0.2) is 0 Å². The van der Waals surface area contributed by atoms with E-state index < -0.39 is 5.54 Å². The summed E-state index contributed by atoms with van der Waals surface area (Å²) in [6.07, 6.45) is 0.603. The summed E-state index contributed by atoms with van der Waals surface area (Å²) < 4.78 is 11.3.